The zero-order chi connectivity index (χ0) is 25.7. The molecule has 3 heterocycles. The molecule has 0 spiro atoms. The normalized spacial score (nSPS) is 14.8. The summed E-state index contributed by atoms with van der Waals surface area (Å²) in [6.07, 6.45) is 7.80. The van der Waals surface area contributed by atoms with Crippen LogP contribution in [0.4, 0.5) is 5.82 Å². The quantitative estimate of drug-likeness (QED) is 0.217. The molecule has 1 N–H and O–H groups in total. The predicted molar refractivity (Wildman–Crippen MR) is 151 cm³/mol. The molecule has 0 bridgehead atoms. The van der Waals surface area contributed by atoms with Crippen LogP contribution in [0.3, 0.4) is 0 Å². The summed E-state index contributed by atoms with van der Waals surface area (Å²) in [6, 6.07) is 11.3. The molecule has 0 saturated carbocycles. The van der Waals surface area contributed by atoms with Gasteiger partial charge in [0, 0.05) is 12.7 Å². The summed E-state index contributed by atoms with van der Waals surface area (Å²) < 4.78 is 7.20. The van der Waals surface area contributed by atoms with Crippen molar-refractivity contribution in [2.45, 2.75) is 46.1 Å². The summed E-state index contributed by atoms with van der Waals surface area (Å²) in [6.45, 7) is 5.15. The number of carbonyl (C=O) groups is 1. The van der Waals surface area contributed by atoms with Gasteiger partial charge in [-0.2, -0.15) is 0 Å². The van der Waals surface area contributed by atoms with E-state index in [2.05, 4.69) is 12.2 Å². The lowest BCUT2D eigenvalue weighted by Crippen LogP contribution is -2.27. The molecule has 1 amide bonds. The Hall–Kier alpha value is -3.17. The van der Waals surface area contributed by atoms with Gasteiger partial charge in [-0.05, 0) is 48.7 Å². The number of benzene rings is 1. The Morgan fingerprint density at radius 3 is 2.61 bits per heavy atom. The van der Waals surface area contributed by atoms with E-state index in [0.29, 0.717) is 39.3 Å². The summed E-state index contributed by atoms with van der Waals surface area (Å²) in [5.74, 6) is 1.02. The summed E-state index contributed by atoms with van der Waals surface area (Å²) in [5, 5.41) is 3.33. The van der Waals surface area contributed by atoms with Crippen LogP contribution in [0, 0.1) is 6.92 Å². The van der Waals surface area contributed by atoms with Gasteiger partial charge in [-0.3, -0.25) is 18.9 Å². The first-order valence-electron chi connectivity index (χ1n) is 12.1. The molecular formula is C27H30N4O3S2. The minimum absolute atomic E-state index is 0.219. The maximum absolute atomic E-state index is 13.5. The fraction of sp³-hybridized carbons (Fsp3) is 0.333. The number of amides is 1. The number of thiocarbonyl (C=S) groups is 1. The van der Waals surface area contributed by atoms with Crippen molar-refractivity contribution in [3.8, 4) is 5.75 Å². The lowest BCUT2D eigenvalue weighted by atomic mass is 10.2. The molecule has 0 unspecified atom stereocenters. The highest BCUT2D eigenvalue weighted by Gasteiger charge is 2.32. The highest BCUT2D eigenvalue weighted by molar-refractivity contribution is 8.26. The van der Waals surface area contributed by atoms with E-state index < -0.39 is 0 Å². The number of anilines is 1. The van der Waals surface area contributed by atoms with E-state index >= 15 is 0 Å². The molecule has 0 radical (unpaired) electrons. The lowest BCUT2D eigenvalue weighted by molar-refractivity contribution is -0.122. The van der Waals surface area contributed by atoms with Crippen molar-refractivity contribution in [2.75, 3.05) is 19.0 Å². The van der Waals surface area contributed by atoms with Gasteiger partial charge in [-0.25, -0.2) is 4.98 Å². The first kappa shape index (κ1) is 25.9. The van der Waals surface area contributed by atoms with Crippen molar-refractivity contribution in [1.82, 2.24) is 14.3 Å². The molecule has 1 aliphatic heterocycles. The second-order valence-corrected chi connectivity index (χ2v) is 10.4. The van der Waals surface area contributed by atoms with Gasteiger partial charge < -0.3 is 10.1 Å². The molecule has 1 aliphatic rings. The second-order valence-electron chi connectivity index (χ2n) is 8.72. The number of aromatic nitrogens is 2. The van der Waals surface area contributed by atoms with Gasteiger partial charge in [0.1, 0.15) is 21.5 Å². The van der Waals surface area contributed by atoms with Crippen LogP contribution in [0.1, 0.15) is 49.3 Å². The summed E-state index contributed by atoms with van der Waals surface area (Å²) in [5.41, 5.74) is 2.58. The number of fused-ring (bicyclic) bond motifs is 1. The van der Waals surface area contributed by atoms with Gasteiger partial charge in [-0.1, -0.05) is 68.4 Å². The fourth-order valence-corrected chi connectivity index (χ4v) is 5.20. The molecule has 1 fully saturated rings. The fourth-order valence-electron chi connectivity index (χ4n) is 3.96. The third-order valence-corrected chi connectivity index (χ3v) is 7.35. The molecule has 1 aromatic carbocycles. The van der Waals surface area contributed by atoms with Gasteiger partial charge in [0.15, 0.2) is 0 Å². The Labute approximate surface area is 220 Å². The zero-order valence-electron chi connectivity index (χ0n) is 20.7. The van der Waals surface area contributed by atoms with Crippen molar-refractivity contribution >= 4 is 51.7 Å². The van der Waals surface area contributed by atoms with Crippen LogP contribution in [-0.2, 0) is 11.3 Å². The average Bonchev–Trinajstić information content (AvgIpc) is 3.14. The Morgan fingerprint density at radius 1 is 1.11 bits per heavy atom. The van der Waals surface area contributed by atoms with Crippen LogP contribution in [0.5, 0.6) is 5.75 Å². The number of methoxy groups -OCH3 is 1. The van der Waals surface area contributed by atoms with Gasteiger partial charge in [0.2, 0.25) is 0 Å². The van der Waals surface area contributed by atoms with E-state index in [4.69, 9.17) is 21.9 Å². The Bertz CT molecular complexity index is 1370. The molecule has 1 saturated heterocycles. The summed E-state index contributed by atoms with van der Waals surface area (Å²) in [7, 11) is 1.61. The van der Waals surface area contributed by atoms with Crippen LogP contribution >= 0.6 is 24.0 Å². The van der Waals surface area contributed by atoms with Crippen LogP contribution in [0.25, 0.3) is 11.7 Å². The second kappa shape index (κ2) is 11.7. The summed E-state index contributed by atoms with van der Waals surface area (Å²) in [4.78, 5) is 33.5. The van der Waals surface area contributed by atoms with Gasteiger partial charge in [-0.15, -0.1) is 0 Å². The number of nitrogens with one attached hydrogen (secondary N) is 1. The maximum atomic E-state index is 13.5. The van der Waals surface area contributed by atoms with Gasteiger partial charge >= 0.3 is 0 Å². The monoisotopic (exact) mass is 522 g/mol. The Morgan fingerprint density at radius 2 is 1.89 bits per heavy atom. The number of nitrogens with zero attached hydrogens (tertiary/aromatic N) is 3. The third-order valence-electron chi connectivity index (χ3n) is 5.98. The number of pyridine rings is 1. The third kappa shape index (κ3) is 5.79. The van der Waals surface area contributed by atoms with Gasteiger partial charge in [0.05, 0.1) is 24.1 Å². The van der Waals surface area contributed by atoms with Crippen molar-refractivity contribution in [3.05, 3.63) is 74.5 Å². The standard InChI is InChI=1S/C27H30N4O3S2/c1-4-5-6-7-14-28-24-21(25(32)30-16-18(2)8-13-23(30)29-24)15-22-26(33)31(27(35)36-22)17-19-9-11-20(34-3)12-10-19/h8-13,15-16,28H,4-7,14,17H2,1-3H3. The topological polar surface area (TPSA) is 75.9 Å². The van der Waals surface area contributed by atoms with Crippen LogP contribution in [0.15, 0.2) is 52.3 Å². The Balaban J connectivity index is 1.65. The molecule has 188 valence electrons. The smallest absolute Gasteiger partial charge is 0.267 e. The zero-order valence-corrected chi connectivity index (χ0v) is 22.4. The maximum Gasteiger partial charge on any atom is 0.267 e. The molecule has 2 aromatic heterocycles. The van der Waals surface area contributed by atoms with E-state index in [1.54, 1.807) is 24.3 Å². The lowest BCUT2D eigenvalue weighted by Gasteiger charge is -2.14. The number of thioether (sulfide) groups is 1. The highest BCUT2D eigenvalue weighted by atomic mass is 32.2. The Kier molecular flexibility index (Phi) is 8.43. The molecule has 7 nitrogen and oxygen atoms in total. The van der Waals surface area contributed by atoms with Crippen molar-refractivity contribution in [2.24, 2.45) is 0 Å². The number of unbranched alkanes of at least 4 members (excludes halogenated alkanes) is 3. The van der Waals surface area contributed by atoms with E-state index in [1.165, 1.54) is 16.2 Å². The van der Waals surface area contributed by atoms with Crippen LogP contribution in [0.2, 0.25) is 0 Å². The van der Waals surface area contributed by atoms with Crippen molar-refractivity contribution < 1.29 is 9.53 Å². The minimum atomic E-state index is -0.222. The van der Waals surface area contributed by atoms with E-state index in [-0.39, 0.29) is 11.5 Å². The molecule has 3 aromatic rings. The minimum Gasteiger partial charge on any atom is -0.497 e. The number of hydrogen-bond donors (Lipinski definition) is 1. The van der Waals surface area contributed by atoms with E-state index in [1.807, 2.05) is 43.3 Å². The number of hydrogen-bond acceptors (Lipinski definition) is 7. The summed E-state index contributed by atoms with van der Waals surface area (Å²) >= 11 is 6.72. The molecule has 0 aliphatic carbocycles. The first-order valence-corrected chi connectivity index (χ1v) is 13.3. The molecule has 36 heavy (non-hydrogen) atoms. The molecule has 0 atom stereocenters. The SMILES string of the molecule is CCCCCCNc1nc2ccc(C)cn2c(=O)c1C=C1SC(=S)N(Cc2ccc(OC)cc2)C1=O. The number of ether oxygens (including phenoxy) is 1. The highest BCUT2D eigenvalue weighted by Crippen LogP contribution is 2.34. The largest absolute Gasteiger partial charge is 0.497 e. The van der Waals surface area contributed by atoms with Crippen LogP contribution < -0.4 is 15.6 Å². The van der Waals surface area contributed by atoms with Crippen LogP contribution in [-0.4, -0.2) is 38.2 Å². The number of aryl methyl sites for hydroxylation is 1. The van der Waals surface area contributed by atoms with Crippen molar-refractivity contribution in [1.29, 1.82) is 0 Å². The molecular weight excluding hydrogens is 492 g/mol. The van der Waals surface area contributed by atoms with E-state index in [0.717, 1.165) is 42.6 Å². The molecule has 9 heteroatoms. The van der Waals surface area contributed by atoms with Crippen molar-refractivity contribution in [3.63, 3.8) is 0 Å². The van der Waals surface area contributed by atoms with Gasteiger partial charge in [0.25, 0.3) is 11.5 Å². The average molecular weight is 523 g/mol. The first-order chi connectivity index (χ1) is 17.4. The molecule has 4 rings (SSSR count). The number of carbonyl (C=O) groups excluding carboxylic acids is 1. The predicted octanol–water partition coefficient (Wildman–Crippen LogP) is 5.41. The van der Waals surface area contributed by atoms with E-state index in [9.17, 15) is 9.59 Å². The number of rotatable bonds is 10.